The molecular formula is C29H26F4N6O2. The number of nitrogens with one attached hydrogen (secondary N) is 1. The van der Waals surface area contributed by atoms with Crippen LogP contribution in [0.25, 0.3) is 27.8 Å². The van der Waals surface area contributed by atoms with Crippen LogP contribution < -0.4 is 4.74 Å². The molecule has 1 aliphatic rings. The number of methoxy groups -OCH3 is 1. The number of alkyl halides is 3. The second-order valence-electron chi connectivity index (χ2n) is 10.3. The van der Waals surface area contributed by atoms with Crippen LogP contribution in [0.1, 0.15) is 41.0 Å². The van der Waals surface area contributed by atoms with Crippen LogP contribution in [0.15, 0.2) is 54.7 Å². The summed E-state index contributed by atoms with van der Waals surface area (Å²) in [6.45, 7) is 1.89. The van der Waals surface area contributed by atoms with Gasteiger partial charge in [0.05, 0.1) is 12.6 Å². The number of piperidine rings is 1. The van der Waals surface area contributed by atoms with Crippen LogP contribution in [0.4, 0.5) is 17.6 Å². The predicted molar refractivity (Wildman–Crippen MR) is 143 cm³/mol. The number of likely N-dealkylation sites (tertiary alicyclic amines) is 1. The molecule has 2 aromatic carbocycles. The van der Waals surface area contributed by atoms with Crippen molar-refractivity contribution in [3.05, 3.63) is 77.5 Å². The zero-order valence-electron chi connectivity index (χ0n) is 22.1. The lowest BCUT2D eigenvalue weighted by molar-refractivity contribution is -0.144. The van der Waals surface area contributed by atoms with E-state index in [1.54, 1.807) is 36.4 Å². The van der Waals surface area contributed by atoms with Crippen LogP contribution in [0.2, 0.25) is 0 Å². The number of ether oxygens (including phenoxy) is 1. The summed E-state index contributed by atoms with van der Waals surface area (Å²) in [5, 5.41) is 11.5. The summed E-state index contributed by atoms with van der Waals surface area (Å²) in [7, 11) is 1.52. The third kappa shape index (κ3) is 5.39. The van der Waals surface area contributed by atoms with Crippen molar-refractivity contribution in [2.45, 2.75) is 32.0 Å². The number of halogens is 4. The van der Waals surface area contributed by atoms with Crippen LogP contribution in [-0.2, 0) is 12.7 Å². The number of carbonyl (C=O) groups is 1. The van der Waals surface area contributed by atoms with E-state index in [2.05, 4.69) is 25.2 Å². The summed E-state index contributed by atoms with van der Waals surface area (Å²) in [5.41, 5.74) is 2.80. The summed E-state index contributed by atoms with van der Waals surface area (Å²) in [6.07, 6.45) is -1.08. The van der Waals surface area contributed by atoms with Crippen molar-refractivity contribution in [2.75, 3.05) is 20.2 Å². The number of hydrogen-bond donors (Lipinski definition) is 1. The lowest BCUT2D eigenvalue weighted by Crippen LogP contribution is -2.36. The van der Waals surface area contributed by atoms with Gasteiger partial charge >= 0.3 is 6.18 Å². The number of ketones is 1. The first kappa shape index (κ1) is 26.9. The molecule has 1 atom stereocenters. The number of aromatic amines is 1. The average molecular weight is 567 g/mol. The molecule has 5 aromatic rings. The Kier molecular flexibility index (Phi) is 6.94. The highest BCUT2D eigenvalue weighted by molar-refractivity contribution is 6.02. The lowest BCUT2D eigenvalue weighted by atomic mass is 9.90. The topological polar surface area (TPSA) is 88.4 Å². The molecule has 0 amide bonds. The third-order valence-corrected chi connectivity index (χ3v) is 7.50. The number of fused-ring (bicyclic) bond motifs is 2. The van der Waals surface area contributed by atoms with E-state index < -0.39 is 12.0 Å². The highest BCUT2D eigenvalue weighted by atomic mass is 19.4. The van der Waals surface area contributed by atoms with Crippen molar-refractivity contribution < 1.29 is 27.1 Å². The Bertz CT molecular complexity index is 1740. The average Bonchev–Trinajstić information content (AvgIpc) is 3.58. The first-order chi connectivity index (χ1) is 19.7. The molecule has 1 fully saturated rings. The molecule has 0 radical (unpaired) electrons. The van der Waals surface area contributed by atoms with Gasteiger partial charge in [0.25, 0.3) is 5.82 Å². The van der Waals surface area contributed by atoms with Crippen molar-refractivity contribution in [1.29, 1.82) is 0 Å². The summed E-state index contributed by atoms with van der Waals surface area (Å²) in [5.74, 6) is -0.919. The van der Waals surface area contributed by atoms with Gasteiger partial charge in [0, 0.05) is 47.8 Å². The van der Waals surface area contributed by atoms with E-state index in [9.17, 15) is 22.4 Å². The number of nitrogens with zero attached hydrogens (tertiary/aromatic N) is 5. The fourth-order valence-electron chi connectivity index (χ4n) is 5.50. The fraction of sp³-hybridized carbons (Fsp3) is 0.310. The van der Waals surface area contributed by atoms with Gasteiger partial charge in [-0.25, -0.2) is 13.9 Å². The number of H-pyrrole nitrogens is 1. The molecule has 0 spiro atoms. The Balaban J connectivity index is 1.20. The molecule has 4 heterocycles. The summed E-state index contributed by atoms with van der Waals surface area (Å²) < 4.78 is 60.0. The first-order valence-electron chi connectivity index (χ1n) is 13.2. The minimum absolute atomic E-state index is 0.0177. The van der Waals surface area contributed by atoms with E-state index in [4.69, 9.17) is 4.74 Å². The monoisotopic (exact) mass is 566 g/mol. The quantitative estimate of drug-likeness (QED) is 0.194. The molecule has 212 valence electrons. The third-order valence-electron chi connectivity index (χ3n) is 7.50. The molecule has 12 heteroatoms. The zero-order chi connectivity index (χ0) is 28.7. The molecule has 1 aliphatic heterocycles. The van der Waals surface area contributed by atoms with Gasteiger partial charge in [0.2, 0.25) is 0 Å². The second-order valence-corrected chi connectivity index (χ2v) is 10.3. The highest BCUT2D eigenvalue weighted by Gasteiger charge is 2.36. The number of pyridine rings is 1. The predicted octanol–water partition coefficient (Wildman–Crippen LogP) is 5.92. The van der Waals surface area contributed by atoms with E-state index in [1.165, 1.54) is 25.4 Å². The summed E-state index contributed by atoms with van der Waals surface area (Å²) in [6, 6.07) is 13.1. The highest BCUT2D eigenvalue weighted by Crippen LogP contribution is 2.31. The van der Waals surface area contributed by atoms with Crippen LogP contribution in [-0.4, -0.2) is 55.7 Å². The molecule has 0 bridgehead atoms. The van der Waals surface area contributed by atoms with Gasteiger partial charge in [0.1, 0.15) is 17.3 Å². The van der Waals surface area contributed by atoms with Crippen molar-refractivity contribution in [1.82, 2.24) is 29.7 Å². The van der Waals surface area contributed by atoms with E-state index in [0.717, 1.165) is 23.9 Å². The number of aromatic nitrogens is 5. The van der Waals surface area contributed by atoms with Crippen LogP contribution in [0.5, 0.6) is 5.75 Å². The van der Waals surface area contributed by atoms with E-state index in [-0.39, 0.29) is 23.2 Å². The van der Waals surface area contributed by atoms with Gasteiger partial charge in [-0.1, -0.05) is 6.07 Å². The van der Waals surface area contributed by atoms with Gasteiger partial charge < -0.3 is 4.74 Å². The van der Waals surface area contributed by atoms with Crippen LogP contribution in [0.3, 0.4) is 0 Å². The standard InChI is InChI=1S/C29H26F4N6O2/c1-41-25-6-2-5-22(30)21(25)16-38-11-3-4-17(14-38)12-24(40)18-7-9-23-20(13-18)27(36-35-23)19-8-10-26-34-28(29(31,32)33)37-39(26)15-19/h2,5-10,13,15,17H,3-4,11-12,14,16H2,1H3,(H,35,36)/t17-/m0/s1. The smallest absolute Gasteiger partial charge is 0.453 e. The largest absolute Gasteiger partial charge is 0.496 e. The normalized spacial score (nSPS) is 16.5. The molecular weight excluding hydrogens is 540 g/mol. The van der Waals surface area contributed by atoms with E-state index >= 15 is 0 Å². The molecule has 3 aromatic heterocycles. The first-order valence-corrected chi connectivity index (χ1v) is 13.2. The number of rotatable bonds is 7. The van der Waals surface area contributed by atoms with E-state index in [0.29, 0.717) is 58.5 Å². The molecule has 8 nitrogen and oxygen atoms in total. The minimum Gasteiger partial charge on any atom is -0.496 e. The Morgan fingerprint density at radius 1 is 1.17 bits per heavy atom. The summed E-state index contributed by atoms with van der Waals surface area (Å²) in [4.78, 5) is 19.0. The van der Waals surface area contributed by atoms with Crippen LogP contribution in [0, 0.1) is 11.7 Å². The summed E-state index contributed by atoms with van der Waals surface area (Å²) >= 11 is 0. The lowest BCUT2D eigenvalue weighted by Gasteiger charge is -2.32. The number of benzene rings is 2. The van der Waals surface area contributed by atoms with Crippen molar-refractivity contribution in [3.63, 3.8) is 0 Å². The van der Waals surface area contributed by atoms with Crippen molar-refractivity contribution in [3.8, 4) is 17.0 Å². The Morgan fingerprint density at radius 2 is 2.02 bits per heavy atom. The minimum atomic E-state index is -4.65. The SMILES string of the molecule is COc1cccc(F)c1CN1CCC[C@@H](CC(=O)c2ccc3[nH]nc(-c4ccc5nc(C(F)(F)F)nn5c4)c3c2)C1. The molecule has 0 aliphatic carbocycles. The molecule has 41 heavy (non-hydrogen) atoms. The van der Waals surface area contributed by atoms with Gasteiger partial charge in [-0.2, -0.15) is 18.3 Å². The molecule has 1 N–H and O–H groups in total. The van der Waals surface area contributed by atoms with Crippen LogP contribution >= 0.6 is 0 Å². The van der Waals surface area contributed by atoms with E-state index in [1.807, 2.05) is 0 Å². The number of carbonyl (C=O) groups excluding carboxylic acids is 1. The number of hydrogen-bond acceptors (Lipinski definition) is 6. The van der Waals surface area contributed by atoms with Gasteiger partial charge in [-0.3, -0.25) is 14.8 Å². The Labute approximate surface area is 231 Å². The maximum atomic E-state index is 14.5. The maximum Gasteiger partial charge on any atom is 0.453 e. The van der Waals surface area contributed by atoms with Gasteiger partial charge in [-0.05, 0) is 67.8 Å². The Hall–Kier alpha value is -4.32. The molecule has 1 saturated heterocycles. The molecule has 6 rings (SSSR count). The van der Waals surface area contributed by atoms with Crippen molar-refractivity contribution >= 4 is 22.3 Å². The number of Topliss-reactive ketones (excluding diaryl/α,β-unsaturated/α-hetero) is 1. The van der Waals surface area contributed by atoms with Crippen molar-refractivity contribution in [2.24, 2.45) is 5.92 Å². The van der Waals surface area contributed by atoms with Gasteiger partial charge in [0.15, 0.2) is 11.4 Å². The van der Waals surface area contributed by atoms with Gasteiger partial charge in [-0.15, -0.1) is 5.10 Å². The fourth-order valence-corrected chi connectivity index (χ4v) is 5.50. The Morgan fingerprint density at radius 3 is 2.83 bits per heavy atom. The molecule has 0 saturated carbocycles. The molecule has 0 unspecified atom stereocenters. The zero-order valence-corrected chi connectivity index (χ0v) is 22.1. The maximum absolute atomic E-state index is 14.5. The second kappa shape index (κ2) is 10.6.